The Bertz CT molecular complexity index is 960. The van der Waals surface area contributed by atoms with E-state index in [4.69, 9.17) is 9.47 Å². The van der Waals surface area contributed by atoms with Crippen molar-refractivity contribution in [3.8, 4) is 11.5 Å². The lowest BCUT2D eigenvalue weighted by molar-refractivity contribution is -0.137. The zero-order chi connectivity index (χ0) is 21.6. The summed E-state index contributed by atoms with van der Waals surface area (Å²) in [6, 6.07) is 6.06. The predicted octanol–water partition coefficient (Wildman–Crippen LogP) is 0.0444. The Labute approximate surface area is 179 Å². The molecule has 4 rings (SSSR count). The molecule has 31 heavy (non-hydrogen) atoms. The van der Waals surface area contributed by atoms with Gasteiger partial charge in [0.2, 0.25) is 24.6 Å². The maximum atomic E-state index is 12.8. The lowest BCUT2D eigenvalue weighted by Gasteiger charge is -2.36. The van der Waals surface area contributed by atoms with Crippen LogP contribution in [0.15, 0.2) is 42.7 Å². The summed E-state index contributed by atoms with van der Waals surface area (Å²) < 4.78 is 10.6. The van der Waals surface area contributed by atoms with Crippen LogP contribution in [0, 0.1) is 0 Å². The Morgan fingerprint density at radius 3 is 2.61 bits per heavy atom. The fourth-order valence-corrected chi connectivity index (χ4v) is 3.40. The van der Waals surface area contributed by atoms with Gasteiger partial charge in [0.05, 0.1) is 6.61 Å². The molecular weight excluding hydrogens is 402 g/mol. The van der Waals surface area contributed by atoms with E-state index in [1.165, 1.54) is 6.08 Å². The number of hydrogen-bond donors (Lipinski definition) is 2. The van der Waals surface area contributed by atoms with E-state index in [0.29, 0.717) is 43.6 Å². The quantitative estimate of drug-likeness (QED) is 0.624. The second kappa shape index (κ2) is 9.43. The number of anilines is 1. The third-order valence-electron chi connectivity index (χ3n) is 5.05. The molecule has 2 aliphatic heterocycles. The molecule has 10 heteroatoms. The SMILES string of the molecule is O=C(C=Cc1ccc2c(c1)OCO2)NC(CO)C(=O)N1CCN(c2ncccn2)CC1. The van der Waals surface area contributed by atoms with E-state index in [2.05, 4.69) is 15.3 Å². The molecule has 1 unspecified atom stereocenters. The van der Waals surface area contributed by atoms with E-state index >= 15 is 0 Å². The fraction of sp³-hybridized carbons (Fsp3) is 0.333. The van der Waals surface area contributed by atoms with E-state index in [0.717, 1.165) is 5.56 Å². The van der Waals surface area contributed by atoms with Crippen LogP contribution < -0.4 is 19.7 Å². The number of aliphatic hydroxyl groups is 1. The van der Waals surface area contributed by atoms with Gasteiger partial charge in [0, 0.05) is 44.6 Å². The van der Waals surface area contributed by atoms with Gasteiger partial charge >= 0.3 is 0 Å². The second-order valence-corrected chi connectivity index (χ2v) is 7.05. The topological polar surface area (TPSA) is 117 Å². The molecule has 2 aromatic rings. The summed E-state index contributed by atoms with van der Waals surface area (Å²) in [5.41, 5.74) is 0.755. The molecule has 0 radical (unpaired) electrons. The number of ether oxygens (including phenoxy) is 2. The average molecular weight is 425 g/mol. The number of amides is 2. The highest BCUT2D eigenvalue weighted by Crippen LogP contribution is 2.32. The number of rotatable bonds is 6. The Kier molecular flexibility index (Phi) is 6.27. The molecule has 1 atom stereocenters. The highest BCUT2D eigenvalue weighted by atomic mass is 16.7. The van der Waals surface area contributed by atoms with Gasteiger partial charge in [0.15, 0.2) is 11.5 Å². The first-order chi connectivity index (χ1) is 15.1. The van der Waals surface area contributed by atoms with Crippen LogP contribution in [0.5, 0.6) is 11.5 Å². The number of piperazine rings is 1. The number of aromatic nitrogens is 2. The lowest BCUT2D eigenvalue weighted by atomic mass is 10.2. The molecular formula is C21H23N5O5. The smallest absolute Gasteiger partial charge is 0.247 e. The Hall–Kier alpha value is -3.66. The maximum Gasteiger partial charge on any atom is 0.247 e. The van der Waals surface area contributed by atoms with Crippen molar-refractivity contribution in [3.05, 3.63) is 48.3 Å². The van der Waals surface area contributed by atoms with Crippen molar-refractivity contribution < 1.29 is 24.2 Å². The van der Waals surface area contributed by atoms with Gasteiger partial charge in [-0.3, -0.25) is 9.59 Å². The van der Waals surface area contributed by atoms with Gasteiger partial charge < -0.3 is 29.7 Å². The summed E-state index contributed by atoms with van der Waals surface area (Å²) in [7, 11) is 0. The van der Waals surface area contributed by atoms with Gasteiger partial charge in [0.1, 0.15) is 6.04 Å². The zero-order valence-electron chi connectivity index (χ0n) is 16.8. The first kappa shape index (κ1) is 20.6. The van der Waals surface area contributed by atoms with Crippen molar-refractivity contribution in [2.45, 2.75) is 6.04 Å². The van der Waals surface area contributed by atoms with Crippen LogP contribution in [0.4, 0.5) is 5.95 Å². The van der Waals surface area contributed by atoms with Crippen LogP contribution in [-0.4, -0.2) is 77.4 Å². The Morgan fingerprint density at radius 2 is 1.87 bits per heavy atom. The minimum atomic E-state index is -1.01. The number of benzene rings is 1. The predicted molar refractivity (Wildman–Crippen MR) is 111 cm³/mol. The Balaban J connectivity index is 1.30. The highest BCUT2D eigenvalue weighted by Gasteiger charge is 2.28. The number of nitrogens with one attached hydrogen (secondary N) is 1. The van der Waals surface area contributed by atoms with Crippen LogP contribution >= 0.6 is 0 Å². The third kappa shape index (κ3) is 4.92. The minimum absolute atomic E-state index is 0.176. The molecule has 1 fully saturated rings. The standard InChI is InChI=1S/C21H23N5O5/c27-13-16(20(29)25-8-10-26(11-9-25)21-22-6-1-7-23-21)24-19(28)5-3-15-2-4-17-18(12-15)31-14-30-17/h1-7,12,16,27H,8-11,13-14H2,(H,24,28). The van der Waals surface area contributed by atoms with Crippen molar-refractivity contribution in [1.82, 2.24) is 20.2 Å². The monoisotopic (exact) mass is 425 g/mol. The number of nitrogens with zero attached hydrogens (tertiary/aromatic N) is 4. The molecule has 3 heterocycles. The summed E-state index contributed by atoms with van der Waals surface area (Å²) in [6.45, 7) is 1.76. The first-order valence-corrected chi connectivity index (χ1v) is 9.94. The van der Waals surface area contributed by atoms with E-state index in [1.807, 2.05) is 4.90 Å². The molecule has 1 aromatic heterocycles. The summed E-state index contributed by atoms with van der Waals surface area (Å²) in [6.07, 6.45) is 6.27. The van der Waals surface area contributed by atoms with Gasteiger partial charge in [-0.05, 0) is 29.8 Å². The van der Waals surface area contributed by atoms with Crippen molar-refractivity contribution in [2.75, 3.05) is 44.5 Å². The fourth-order valence-electron chi connectivity index (χ4n) is 3.40. The van der Waals surface area contributed by atoms with Crippen molar-refractivity contribution in [1.29, 1.82) is 0 Å². The molecule has 0 aliphatic carbocycles. The van der Waals surface area contributed by atoms with Gasteiger partial charge in [0.25, 0.3) is 0 Å². The normalized spacial score (nSPS) is 16.4. The molecule has 2 amide bonds. The number of carbonyl (C=O) groups is 2. The molecule has 2 aliphatic rings. The number of hydrogen-bond acceptors (Lipinski definition) is 8. The molecule has 0 bridgehead atoms. The largest absolute Gasteiger partial charge is 0.454 e. The van der Waals surface area contributed by atoms with E-state index in [1.54, 1.807) is 47.6 Å². The van der Waals surface area contributed by atoms with Crippen LogP contribution in [-0.2, 0) is 9.59 Å². The third-order valence-corrected chi connectivity index (χ3v) is 5.05. The van der Waals surface area contributed by atoms with Crippen molar-refractivity contribution in [3.63, 3.8) is 0 Å². The summed E-state index contributed by atoms with van der Waals surface area (Å²) in [5.74, 6) is 1.11. The van der Waals surface area contributed by atoms with Crippen molar-refractivity contribution in [2.24, 2.45) is 0 Å². The second-order valence-electron chi connectivity index (χ2n) is 7.05. The average Bonchev–Trinajstić information content (AvgIpc) is 3.29. The molecule has 2 N–H and O–H groups in total. The molecule has 1 saturated heterocycles. The lowest BCUT2D eigenvalue weighted by Crippen LogP contribution is -2.56. The molecule has 10 nitrogen and oxygen atoms in total. The number of fused-ring (bicyclic) bond motifs is 1. The number of carbonyl (C=O) groups excluding carboxylic acids is 2. The van der Waals surface area contributed by atoms with Gasteiger partial charge in [-0.2, -0.15) is 0 Å². The highest BCUT2D eigenvalue weighted by molar-refractivity contribution is 5.95. The summed E-state index contributed by atoms with van der Waals surface area (Å²) in [4.78, 5) is 37.1. The van der Waals surface area contributed by atoms with E-state index in [-0.39, 0.29) is 12.7 Å². The van der Waals surface area contributed by atoms with E-state index < -0.39 is 18.6 Å². The molecule has 0 saturated carbocycles. The van der Waals surface area contributed by atoms with Gasteiger partial charge in [-0.1, -0.05) is 6.07 Å². The minimum Gasteiger partial charge on any atom is -0.454 e. The Morgan fingerprint density at radius 1 is 1.13 bits per heavy atom. The van der Waals surface area contributed by atoms with Crippen molar-refractivity contribution >= 4 is 23.8 Å². The molecule has 1 aromatic carbocycles. The van der Waals surface area contributed by atoms with Gasteiger partial charge in [-0.15, -0.1) is 0 Å². The molecule has 0 spiro atoms. The van der Waals surface area contributed by atoms with Crippen LogP contribution in [0.25, 0.3) is 6.08 Å². The van der Waals surface area contributed by atoms with Gasteiger partial charge in [-0.25, -0.2) is 9.97 Å². The van der Waals surface area contributed by atoms with E-state index in [9.17, 15) is 14.7 Å². The summed E-state index contributed by atoms with van der Waals surface area (Å²) >= 11 is 0. The number of aliphatic hydroxyl groups excluding tert-OH is 1. The zero-order valence-corrected chi connectivity index (χ0v) is 16.8. The van der Waals surface area contributed by atoms with Crippen LogP contribution in [0.3, 0.4) is 0 Å². The maximum absolute atomic E-state index is 12.8. The van der Waals surface area contributed by atoms with Crippen LogP contribution in [0.2, 0.25) is 0 Å². The first-order valence-electron chi connectivity index (χ1n) is 9.94. The summed E-state index contributed by atoms with van der Waals surface area (Å²) in [5, 5.41) is 12.2. The van der Waals surface area contributed by atoms with Crippen LogP contribution in [0.1, 0.15) is 5.56 Å². The molecule has 162 valence electrons.